The van der Waals surface area contributed by atoms with Crippen molar-refractivity contribution in [2.45, 2.75) is 19.4 Å². The molecule has 0 saturated heterocycles. The van der Waals surface area contributed by atoms with Crippen LogP contribution in [0.15, 0.2) is 10.8 Å². The molecule has 0 aromatic carbocycles. The van der Waals surface area contributed by atoms with Crippen LogP contribution in [0.4, 0.5) is 0 Å². The normalized spacial score (nSPS) is 11.5. The van der Waals surface area contributed by atoms with E-state index in [-0.39, 0.29) is 17.2 Å². The molecule has 0 bridgehead atoms. The first-order valence-corrected chi connectivity index (χ1v) is 6.61. The van der Waals surface area contributed by atoms with E-state index in [4.69, 9.17) is 4.42 Å². The van der Waals surface area contributed by atoms with E-state index in [1.807, 2.05) is 6.92 Å². The van der Waals surface area contributed by atoms with E-state index in [1.165, 1.54) is 6.39 Å². The molecule has 1 aromatic rings. The Balaban J connectivity index is 2.76. The Morgan fingerprint density at radius 1 is 1.60 bits per heavy atom. The number of hydrogen-bond acceptors (Lipinski definition) is 3. The van der Waals surface area contributed by atoms with Gasteiger partial charge < -0.3 is 9.73 Å². The highest BCUT2D eigenvalue weighted by Gasteiger charge is 2.26. The zero-order chi connectivity index (χ0) is 11.5. The quantitative estimate of drug-likeness (QED) is 0.856. The van der Waals surface area contributed by atoms with Gasteiger partial charge >= 0.3 is 0 Å². The molecule has 6 heteroatoms. The van der Waals surface area contributed by atoms with Gasteiger partial charge in [-0.15, -0.1) is 0 Å². The molecule has 0 fully saturated rings. The average molecular weight is 340 g/mol. The highest BCUT2D eigenvalue weighted by molar-refractivity contribution is 9.09. The first-order chi connectivity index (χ1) is 7.02. The van der Waals surface area contributed by atoms with Crippen molar-refractivity contribution >= 4 is 37.8 Å². The molecule has 0 radical (unpaired) electrons. The molecular formula is C9H12Br2N2O2. The molecule has 0 aliphatic carbocycles. The molecule has 1 heterocycles. The smallest absolute Gasteiger partial charge is 0.289 e. The summed E-state index contributed by atoms with van der Waals surface area (Å²) < 4.78 is 5.01. The van der Waals surface area contributed by atoms with Crippen molar-refractivity contribution in [3.05, 3.63) is 17.8 Å². The van der Waals surface area contributed by atoms with Crippen LogP contribution in [0.1, 0.15) is 23.2 Å². The van der Waals surface area contributed by atoms with Gasteiger partial charge in [0, 0.05) is 10.7 Å². The van der Waals surface area contributed by atoms with Gasteiger partial charge in [0.25, 0.3) is 5.91 Å². The third-order valence-corrected chi connectivity index (χ3v) is 4.43. The number of hydrogen-bond donors (Lipinski definition) is 1. The number of nitrogens with one attached hydrogen (secondary N) is 1. The van der Waals surface area contributed by atoms with Crippen LogP contribution >= 0.6 is 31.9 Å². The minimum Gasteiger partial charge on any atom is -0.438 e. The number of carbonyl (C=O) groups is 1. The monoisotopic (exact) mass is 338 g/mol. The number of carbonyl (C=O) groups excluding carboxylic acids is 1. The number of amides is 1. The lowest BCUT2D eigenvalue weighted by Crippen LogP contribution is -2.49. The minimum absolute atomic E-state index is 0.244. The summed E-state index contributed by atoms with van der Waals surface area (Å²) in [6.45, 7) is 3.66. The summed E-state index contributed by atoms with van der Waals surface area (Å²) >= 11 is 6.70. The highest BCUT2D eigenvalue weighted by atomic mass is 79.9. The Hall–Kier alpha value is -0.360. The maximum absolute atomic E-state index is 11.8. The van der Waals surface area contributed by atoms with Crippen LogP contribution in [0.2, 0.25) is 0 Å². The molecule has 1 amide bonds. The van der Waals surface area contributed by atoms with Crippen molar-refractivity contribution < 1.29 is 9.21 Å². The number of oxazole rings is 1. The van der Waals surface area contributed by atoms with Crippen LogP contribution in [0.3, 0.4) is 0 Å². The molecule has 1 rings (SSSR count). The number of nitrogens with zero attached hydrogens (tertiary/aromatic N) is 1. The van der Waals surface area contributed by atoms with Crippen LogP contribution < -0.4 is 5.32 Å². The summed E-state index contributed by atoms with van der Waals surface area (Å²) in [5.41, 5.74) is 0.259. The second-order valence-corrected chi connectivity index (χ2v) is 4.67. The van der Waals surface area contributed by atoms with Crippen molar-refractivity contribution in [3.8, 4) is 0 Å². The first-order valence-electron chi connectivity index (χ1n) is 4.37. The molecule has 0 spiro atoms. The van der Waals surface area contributed by atoms with Gasteiger partial charge in [-0.3, -0.25) is 4.79 Å². The van der Waals surface area contributed by atoms with E-state index < -0.39 is 0 Å². The van der Waals surface area contributed by atoms with Gasteiger partial charge in [0.05, 0.1) is 11.2 Å². The second-order valence-electron chi connectivity index (χ2n) is 3.55. The van der Waals surface area contributed by atoms with Crippen molar-refractivity contribution in [1.29, 1.82) is 0 Å². The zero-order valence-electron chi connectivity index (χ0n) is 8.51. The molecular weight excluding hydrogens is 328 g/mol. The van der Waals surface area contributed by atoms with E-state index in [1.54, 1.807) is 6.92 Å². The maximum atomic E-state index is 11.8. The lowest BCUT2D eigenvalue weighted by Gasteiger charge is -2.25. The van der Waals surface area contributed by atoms with Gasteiger partial charge in [0.15, 0.2) is 6.39 Å². The lowest BCUT2D eigenvalue weighted by atomic mass is 10.1. The van der Waals surface area contributed by atoms with Crippen LogP contribution in [0, 0.1) is 6.92 Å². The van der Waals surface area contributed by atoms with Gasteiger partial charge in [-0.05, 0) is 13.8 Å². The number of alkyl halides is 2. The molecule has 15 heavy (non-hydrogen) atoms. The summed E-state index contributed by atoms with van der Waals surface area (Å²) in [6, 6.07) is 0. The van der Waals surface area contributed by atoms with E-state index in [2.05, 4.69) is 42.2 Å². The summed E-state index contributed by atoms with van der Waals surface area (Å²) in [4.78, 5) is 15.6. The van der Waals surface area contributed by atoms with Crippen molar-refractivity contribution in [2.75, 3.05) is 10.7 Å². The van der Waals surface area contributed by atoms with Crippen LogP contribution in [0.25, 0.3) is 0 Å². The Kier molecular flexibility index (Phi) is 4.33. The lowest BCUT2D eigenvalue weighted by molar-refractivity contribution is 0.0893. The molecule has 0 aliphatic heterocycles. The molecule has 1 N–H and O–H groups in total. The Bertz CT molecular complexity index is 348. The van der Waals surface area contributed by atoms with Crippen LogP contribution in [-0.4, -0.2) is 27.1 Å². The maximum Gasteiger partial charge on any atom is 0.289 e. The molecule has 0 saturated carbocycles. The van der Waals surface area contributed by atoms with Gasteiger partial charge in [0.1, 0.15) is 0 Å². The van der Waals surface area contributed by atoms with E-state index in [0.717, 1.165) is 0 Å². The van der Waals surface area contributed by atoms with Crippen LogP contribution in [0.5, 0.6) is 0 Å². The molecule has 84 valence electrons. The average Bonchev–Trinajstić information content (AvgIpc) is 2.64. The van der Waals surface area contributed by atoms with Gasteiger partial charge in [-0.2, -0.15) is 0 Å². The Morgan fingerprint density at radius 2 is 2.20 bits per heavy atom. The van der Waals surface area contributed by atoms with Gasteiger partial charge in [-0.1, -0.05) is 31.9 Å². The van der Waals surface area contributed by atoms with Crippen molar-refractivity contribution in [1.82, 2.24) is 10.3 Å². The zero-order valence-corrected chi connectivity index (χ0v) is 11.7. The highest BCUT2D eigenvalue weighted by Crippen LogP contribution is 2.13. The van der Waals surface area contributed by atoms with E-state index in [9.17, 15) is 4.79 Å². The molecule has 0 aliphatic rings. The Labute approximate surface area is 105 Å². The molecule has 1 aromatic heterocycles. The third kappa shape index (κ3) is 3.04. The molecule has 0 unspecified atom stereocenters. The summed E-state index contributed by atoms with van der Waals surface area (Å²) in [5.74, 6) is 0.0227. The number of aromatic nitrogens is 1. The third-order valence-electron chi connectivity index (χ3n) is 1.96. The Morgan fingerprint density at radius 3 is 2.60 bits per heavy atom. The van der Waals surface area contributed by atoms with Gasteiger partial charge in [0.2, 0.25) is 5.76 Å². The number of rotatable bonds is 4. The fourth-order valence-electron chi connectivity index (χ4n) is 0.953. The standard InChI is InChI=1S/C9H12Br2N2O2/c1-6-7(15-5-12-6)8(14)13-9(2,3-10)4-11/h5H,3-4H2,1-2H3,(H,13,14). The second kappa shape index (κ2) is 5.12. The van der Waals surface area contributed by atoms with E-state index in [0.29, 0.717) is 16.4 Å². The summed E-state index contributed by atoms with van der Waals surface area (Å²) in [6.07, 6.45) is 1.27. The van der Waals surface area contributed by atoms with Gasteiger partial charge in [-0.25, -0.2) is 4.98 Å². The molecule has 0 atom stereocenters. The predicted octanol–water partition coefficient (Wildman–Crippen LogP) is 2.26. The predicted molar refractivity (Wildman–Crippen MR) is 64.7 cm³/mol. The number of halogens is 2. The fourth-order valence-corrected chi connectivity index (χ4v) is 2.16. The van der Waals surface area contributed by atoms with Crippen molar-refractivity contribution in [3.63, 3.8) is 0 Å². The number of aryl methyl sites for hydroxylation is 1. The minimum atomic E-state index is -0.337. The van der Waals surface area contributed by atoms with E-state index >= 15 is 0 Å². The van der Waals surface area contributed by atoms with Crippen LogP contribution in [-0.2, 0) is 0 Å². The topological polar surface area (TPSA) is 55.1 Å². The largest absolute Gasteiger partial charge is 0.438 e. The first kappa shape index (κ1) is 12.7. The fraction of sp³-hybridized carbons (Fsp3) is 0.556. The SMILES string of the molecule is Cc1ncoc1C(=O)NC(C)(CBr)CBr. The summed E-state index contributed by atoms with van der Waals surface area (Å²) in [5, 5.41) is 4.18. The van der Waals surface area contributed by atoms with Crippen molar-refractivity contribution in [2.24, 2.45) is 0 Å². The molecule has 4 nitrogen and oxygen atoms in total. The summed E-state index contributed by atoms with van der Waals surface area (Å²) in [7, 11) is 0.